The van der Waals surface area contributed by atoms with E-state index in [-0.39, 0.29) is 11.0 Å². The average molecular weight is 230 g/mol. The van der Waals surface area contributed by atoms with Gasteiger partial charge in [-0.05, 0) is 11.0 Å². The molecule has 1 aromatic carbocycles. The van der Waals surface area contributed by atoms with Crippen molar-refractivity contribution in [2.24, 2.45) is 0 Å². The zero-order chi connectivity index (χ0) is 12.6. The highest BCUT2D eigenvalue weighted by Crippen LogP contribution is 2.25. The third-order valence-electron chi connectivity index (χ3n) is 2.27. The minimum absolute atomic E-state index is 0.139. The molecule has 0 radical (unpaired) electrons. The van der Waals surface area contributed by atoms with Crippen LogP contribution in [0.25, 0.3) is 0 Å². The van der Waals surface area contributed by atoms with Crippen molar-refractivity contribution in [1.29, 1.82) is 0 Å². The number of Topliss-reactive ketones (excluding diaryl/α,β-unsaturated/α-hetero) is 1. The highest BCUT2D eigenvalue weighted by molar-refractivity contribution is 6.00. The summed E-state index contributed by atoms with van der Waals surface area (Å²) in [6.45, 7) is 5.86. The Morgan fingerprint density at radius 3 is 1.75 bits per heavy atom. The lowest BCUT2D eigenvalue weighted by molar-refractivity contribution is -0.0885. The first-order valence-corrected chi connectivity index (χ1v) is 4.84. The monoisotopic (exact) mass is 230 g/mol. The molecule has 0 aromatic heterocycles. The summed E-state index contributed by atoms with van der Waals surface area (Å²) in [5.74, 6) is -1.80. The van der Waals surface area contributed by atoms with Gasteiger partial charge in [0.05, 0.1) is 0 Å². The molecule has 0 atom stereocenters. The molecule has 0 aliphatic rings. The van der Waals surface area contributed by atoms with Gasteiger partial charge in [0.2, 0.25) is 0 Å². The Morgan fingerprint density at radius 2 is 1.44 bits per heavy atom. The Bertz CT molecular complexity index is 382. The van der Waals surface area contributed by atoms with Crippen LogP contribution in [-0.4, -0.2) is 12.0 Å². The van der Waals surface area contributed by atoms with Crippen molar-refractivity contribution in [3.63, 3.8) is 0 Å². The van der Waals surface area contributed by atoms with Crippen LogP contribution in [0.4, 0.5) is 13.2 Å². The van der Waals surface area contributed by atoms with Crippen LogP contribution in [0.2, 0.25) is 0 Å². The van der Waals surface area contributed by atoms with Gasteiger partial charge in [-0.15, -0.1) is 0 Å². The number of alkyl halides is 3. The van der Waals surface area contributed by atoms with Crippen molar-refractivity contribution in [2.45, 2.75) is 32.4 Å². The summed E-state index contributed by atoms with van der Waals surface area (Å²) in [6.07, 6.45) is -4.80. The SMILES string of the molecule is CC(C)(C)c1ccc(C(=O)C(F)(F)F)cc1. The first kappa shape index (κ1) is 12.7. The van der Waals surface area contributed by atoms with Crippen molar-refractivity contribution < 1.29 is 18.0 Å². The van der Waals surface area contributed by atoms with Crippen molar-refractivity contribution in [1.82, 2.24) is 0 Å². The number of carbonyl (C=O) groups excluding carboxylic acids is 1. The van der Waals surface area contributed by atoms with Gasteiger partial charge in [-0.2, -0.15) is 13.2 Å². The fraction of sp³-hybridized carbons (Fsp3) is 0.417. The van der Waals surface area contributed by atoms with Gasteiger partial charge in [-0.1, -0.05) is 45.0 Å². The number of hydrogen-bond donors (Lipinski definition) is 0. The van der Waals surface area contributed by atoms with E-state index in [1.165, 1.54) is 12.1 Å². The maximum absolute atomic E-state index is 12.1. The number of ketones is 1. The minimum atomic E-state index is -4.80. The number of rotatable bonds is 1. The summed E-state index contributed by atoms with van der Waals surface area (Å²) in [5.41, 5.74) is 0.437. The number of carbonyl (C=O) groups is 1. The van der Waals surface area contributed by atoms with Gasteiger partial charge in [-0.3, -0.25) is 4.79 Å². The molecule has 4 heteroatoms. The molecule has 88 valence electrons. The van der Waals surface area contributed by atoms with Crippen molar-refractivity contribution in [2.75, 3.05) is 0 Å². The molecule has 1 rings (SSSR count). The fourth-order valence-electron chi connectivity index (χ4n) is 1.29. The smallest absolute Gasteiger partial charge is 0.284 e. The second kappa shape index (κ2) is 3.92. The summed E-state index contributed by atoms with van der Waals surface area (Å²) in [6, 6.07) is 5.55. The van der Waals surface area contributed by atoms with Crippen LogP contribution >= 0.6 is 0 Å². The summed E-state index contributed by atoms with van der Waals surface area (Å²) in [4.78, 5) is 10.9. The molecule has 0 amide bonds. The Kier molecular flexibility index (Phi) is 3.13. The molecule has 0 aliphatic carbocycles. The second-order valence-corrected chi connectivity index (χ2v) is 4.65. The number of halogens is 3. The topological polar surface area (TPSA) is 17.1 Å². The molecule has 0 saturated carbocycles. The Balaban J connectivity index is 3.01. The van der Waals surface area contributed by atoms with Gasteiger partial charge < -0.3 is 0 Å². The molecule has 0 spiro atoms. The van der Waals surface area contributed by atoms with Gasteiger partial charge in [0.15, 0.2) is 0 Å². The zero-order valence-electron chi connectivity index (χ0n) is 9.35. The van der Waals surface area contributed by atoms with E-state index in [4.69, 9.17) is 0 Å². The molecule has 0 aliphatic heterocycles. The minimum Gasteiger partial charge on any atom is -0.284 e. The van der Waals surface area contributed by atoms with Crippen LogP contribution in [0, 0.1) is 0 Å². The van der Waals surface area contributed by atoms with Crippen molar-refractivity contribution in [3.8, 4) is 0 Å². The standard InChI is InChI=1S/C12H13F3O/c1-11(2,3)9-6-4-8(5-7-9)10(16)12(13,14)15/h4-7H,1-3H3. The van der Waals surface area contributed by atoms with Crippen LogP contribution in [0.15, 0.2) is 24.3 Å². The van der Waals surface area contributed by atoms with Gasteiger partial charge in [-0.25, -0.2) is 0 Å². The normalized spacial score (nSPS) is 12.6. The highest BCUT2D eigenvalue weighted by atomic mass is 19.4. The van der Waals surface area contributed by atoms with E-state index in [2.05, 4.69) is 0 Å². The second-order valence-electron chi connectivity index (χ2n) is 4.65. The Hall–Kier alpha value is -1.32. The van der Waals surface area contributed by atoms with Crippen LogP contribution in [0.5, 0.6) is 0 Å². The molecule has 1 aromatic rings. The van der Waals surface area contributed by atoms with E-state index in [0.29, 0.717) is 0 Å². The van der Waals surface area contributed by atoms with Crippen LogP contribution < -0.4 is 0 Å². The van der Waals surface area contributed by atoms with E-state index in [9.17, 15) is 18.0 Å². The highest BCUT2D eigenvalue weighted by Gasteiger charge is 2.39. The predicted molar refractivity (Wildman–Crippen MR) is 55.5 cm³/mol. The maximum atomic E-state index is 12.1. The third kappa shape index (κ3) is 2.84. The molecular formula is C12H13F3O. The van der Waals surface area contributed by atoms with E-state index >= 15 is 0 Å². The number of hydrogen-bond acceptors (Lipinski definition) is 1. The number of benzene rings is 1. The van der Waals surface area contributed by atoms with Gasteiger partial charge >= 0.3 is 6.18 Å². The van der Waals surface area contributed by atoms with E-state index < -0.39 is 12.0 Å². The summed E-state index contributed by atoms with van der Waals surface area (Å²) < 4.78 is 36.4. The molecule has 1 nitrogen and oxygen atoms in total. The lowest BCUT2D eigenvalue weighted by Crippen LogP contribution is -2.22. The van der Waals surface area contributed by atoms with Gasteiger partial charge in [0.25, 0.3) is 5.78 Å². The molecule has 0 saturated heterocycles. The molecule has 0 heterocycles. The third-order valence-corrected chi connectivity index (χ3v) is 2.27. The maximum Gasteiger partial charge on any atom is 0.454 e. The van der Waals surface area contributed by atoms with E-state index in [1.54, 1.807) is 12.1 Å². The lowest BCUT2D eigenvalue weighted by atomic mass is 9.86. The molecule has 16 heavy (non-hydrogen) atoms. The molecule has 0 bridgehead atoms. The molecular weight excluding hydrogens is 217 g/mol. The predicted octanol–water partition coefficient (Wildman–Crippen LogP) is 3.73. The fourth-order valence-corrected chi connectivity index (χ4v) is 1.29. The summed E-state index contributed by atoms with van der Waals surface area (Å²) in [5, 5.41) is 0. The first-order valence-electron chi connectivity index (χ1n) is 4.84. The van der Waals surface area contributed by atoms with Crippen molar-refractivity contribution in [3.05, 3.63) is 35.4 Å². The Morgan fingerprint density at radius 1 is 1.00 bits per heavy atom. The zero-order valence-corrected chi connectivity index (χ0v) is 9.35. The first-order chi connectivity index (χ1) is 7.12. The molecule has 0 fully saturated rings. The largest absolute Gasteiger partial charge is 0.454 e. The lowest BCUT2D eigenvalue weighted by Gasteiger charge is -2.19. The van der Waals surface area contributed by atoms with E-state index in [1.807, 2.05) is 20.8 Å². The van der Waals surface area contributed by atoms with Gasteiger partial charge in [0.1, 0.15) is 0 Å². The quantitative estimate of drug-likeness (QED) is 0.672. The average Bonchev–Trinajstić information content (AvgIpc) is 2.14. The molecule has 0 N–H and O–H groups in total. The van der Waals surface area contributed by atoms with Crippen LogP contribution in [-0.2, 0) is 5.41 Å². The van der Waals surface area contributed by atoms with Crippen LogP contribution in [0.3, 0.4) is 0 Å². The summed E-state index contributed by atoms with van der Waals surface area (Å²) in [7, 11) is 0. The van der Waals surface area contributed by atoms with Gasteiger partial charge in [0, 0.05) is 5.56 Å². The summed E-state index contributed by atoms with van der Waals surface area (Å²) >= 11 is 0. The Labute approximate surface area is 92.3 Å². The van der Waals surface area contributed by atoms with Crippen LogP contribution in [0.1, 0.15) is 36.7 Å². The molecule has 0 unspecified atom stereocenters. The van der Waals surface area contributed by atoms with Crippen molar-refractivity contribution >= 4 is 5.78 Å². The van der Waals surface area contributed by atoms with E-state index in [0.717, 1.165) is 5.56 Å².